The van der Waals surface area contributed by atoms with E-state index in [9.17, 15) is 17.6 Å². The van der Waals surface area contributed by atoms with Crippen LogP contribution in [0.15, 0.2) is 18.5 Å². The van der Waals surface area contributed by atoms with Gasteiger partial charge in [0.2, 0.25) is 0 Å². The maximum absolute atomic E-state index is 12.5. The molecule has 1 aromatic rings. The summed E-state index contributed by atoms with van der Waals surface area (Å²) in [4.78, 5) is 3.62. The van der Waals surface area contributed by atoms with E-state index < -0.39 is 25.6 Å². The van der Waals surface area contributed by atoms with Crippen LogP contribution in [0.5, 0.6) is 5.75 Å². The zero-order valence-corrected chi connectivity index (χ0v) is 8.04. The Hall–Kier alpha value is -1.37. The zero-order chi connectivity index (χ0) is 12.2. The lowest BCUT2D eigenvalue weighted by Gasteiger charge is -2.16. The zero-order valence-electron chi connectivity index (χ0n) is 8.04. The number of halogens is 4. The number of aliphatic hydroxyl groups is 1. The molecule has 1 heterocycles. The molecule has 0 fully saturated rings. The molecular formula is C9H9F4NO2. The predicted octanol–water partition coefficient (Wildman–Crippen LogP) is 1.85. The first-order chi connectivity index (χ1) is 7.47. The van der Waals surface area contributed by atoms with Crippen LogP contribution in [0.3, 0.4) is 0 Å². The van der Waals surface area contributed by atoms with Crippen molar-refractivity contribution in [2.75, 3.05) is 6.61 Å². The van der Waals surface area contributed by atoms with Gasteiger partial charge in [-0.05, 0) is 6.07 Å². The van der Waals surface area contributed by atoms with Crippen LogP contribution in [0.4, 0.5) is 17.6 Å². The van der Waals surface area contributed by atoms with Crippen molar-refractivity contribution < 1.29 is 27.4 Å². The first kappa shape index (κ1) is 12.7. The SMILES string of the molecule is OCc1cnccc1OCC(F)(F)C(F)F. The lowest BCUT2D eigenvalue weighted by atomic mass is 10.3. The summed E-state index contributed by atoms with van der Waals surface area (Å²) in [5.74, 6) is -4.30. The van der Waals surface area contributed by atoms with Crippen LogP contribution in [0.1, 0.15) is 5.56 Å². The van der Waals surface area contributed by atoms with E-state index in [0.717, 1.165) is 0 Å². The fraction of sp³-hybridized carbons (Fsp3) is 0.444. The molecule has 0 aromatic carbocycles. The highest BCUT2D eigenvalue weighted by Crippen LogP contribution is 2.25. The number of alkyl halides is 4. The average molecular weight is 239 g/mol. The van der Waals surface area contributed by atoms with Crippen molar-refractivity contribution in [1.82, 2.24) is 4.98 Å². The van der Waals surface area contributed by atoms with Gasteiger partial charge in [0.15, 0.2) is 6.61 Å². The molecule has 0 atom stereocenters. The minimum absolute atomic E-state index is 0.0853. The van der Waals surface area contributed by atoms with Crippen molar-refractivity contribution >= 4 is 0 Å². The van der Waals surface area contributed by atoms with Gasteiger partial charge >= 0.3 is 12.3 Å². The Morgan fingerprint density at radius 1 is 1.44 bits per heavy atom. The molecule has 1 aromatic heterocycles. The molecular weight excluding hydrogens is 230 g/mol. The molecule has 90 valence electrons. The maximum atomic E-state index is 12.5. The van der Waals surface area contributed by atoms with E-state index >= 15 is 0 Å². The van der Waals surface area contributed by atoms with Gasteiger partial charge in [-0.1, -0.05) is 0 Å². The number of aliphatic hydroxyl groups excluding tert-OH is 1. The van der Waals surface area contributed by atoms with Gasteiger partial charge in [-0.2, -0.15) is 8.78 Å². The highest BCUT2D eigenvalue weighted by Gasteiger charge is 2.41. The number of hydrogen-bond acceptors (Lipinski definition) is 3. The van der Waals surface area contributed by atoms with E-state index in [0.29, 0.717) is 0 Å². The van der Waals surface area contributed by atoms with E-state index in [1.807, 2.05) is 0 Å². The van der Waals surface area contributed by atoms with Gasteiger partial charge in [0.25, 0.3) is 0 Å². The molecule has 0 radical (unpaired) electrons. The third-order valence-electron chi connectivity index (χ3n) is 1.77. The fourth-order valence-corrected chi connectivity index (χ4v) is 0.911. The molecule has 0 spiro atoms. The van der Waals surface area contributed by atoms with Crippen LogP contribution in [0.2, 0.25) is 0 Å². The molecule has 16 heavy (non-hydrogen) atoms. The first-order valence-corrected chi connectivity index (χ1v) is 4.30. The standard InChI is InChI=1S/C9H9F4NO2/c10-8(11)9(12,13)5-16-7-1-2-14-3-6(7)4-15/h1-3,8,15H,4-5H2. The van der Waals surface area contributed by atoms with Crippen molar-refractivity contribution in [3.63, 3.8) is 0 Å². The molecule has 3 nitrogen and oxygen atoms in total. The Balaban J connectivity index is 2.67. The quantitative estimate of drug-likeness (QED) is 0.797. The van der Waals surface area contributed by atoms with E-state index in [4.69, 9.17) is 5.11 Å². The molecule has 0 unspecified atom stereocenters. The number of pyridine rings is 1. The molecule has 0 amide bonds. The van der Waals surface area contributed by atoms with E-state index in [1.165, 1.54) is 18.5 Å². The van der Waals surface area contributed by atoms with Crippen molar-refractivity contribution in [3.05, 3.63) is 24.0 Å². The van der Waals surface area contributed by atoms with Crippen LogP contribution in [0, 0.1) is 0 Å². The smallest absolute Gasteiger partial charge is 0.340 e. The number of ether oxygens (including phenoxy) is 1. The third kappa shape index (κ3) is 3.06. The second kappa shape index (κ2) is 5.11. The molecule has 0 bridgehead atoms. The maximum Gasteiger partial charge on any atom is 0.340 e. The Morgan fingerprint density at radius 2 is 2.12 bits per heavy atom. The summed E-state index contributed by atoms with van der Waals surface area (Å²) in [6, 6.07) is 1.22. The minimum Gasteiger partial charge on any atom is -0.487 e. The van der Waals surface area contributed by atoms with Gasteiger partial charge in [0, 0.05) is 18.0 Å². The second-order valence-electron chi connectivity index (χ2n) is 2.99. The monoisotopic (exact) mass is 239 g/mol. The highest BCUT2D eigenvalue weighted by molar-refractivity contribution is 5.29. The van der Waals surface area contributed by atoms with E-state index in [2.05, 4.69) is 9.72 Å². The normalized spacial score (nSPS) is 11.9. The molecule has 1 N–H and O–H groups in total. The molecule has 0 saturated heterocycles. The molecule has 1 rings (SSSR count). The van der Waals surface area contributed by atoms with Gasteiger partial charge in [0.1, 0.15) is 5.75 Å². The number of hydrogen-bond donors (Lipinski definition) is 1. The summed E-state index contributed by atoms with van der Waals surface area (Å²) in [7, 11) is 0. The summed E-state index contributed by atoms with van der Waals surface area (Å²) < 4.78 is 53.2. The van der Waals surface area contributed by atoms with Gasteiger partial charge in [-0.25, -0.2) is 8.78 Å². The van der Waals surface area contributed by atoms with Crippen LogP contribution >= 0.6 is 0 Å². The molecule has 0 aliphatic heterocycles. The van der Waals surface area contributed by atoms with Crippen molar-refractivity contribution in [2.45, 2.75) is 19.0 Å². The Bertz CT molecular complexity index is 346. The van der Waals surface area contributed by atoms with Crippen LogP contribution in [-0.4, -0.2) is 29.0 Å². The molecule has 0 aliphatic carbocycles. The number of aromatic nitrogens is 1. The predicted molar refractivity (Wildman–Crippen MR) is 46.6 cm³/mol. The van der Waals surface area contributed by atoms with Crippen LogP contribution in [-0.2, 0) is 6.61 Å². The number of nitrogens with zero attached hydrogens (tertiary/aromatic N) is 1. The summed E-state index contributed by atoms with van der Waals surface area (Å²) >= 11 is 0. The van der Waals surface area contributed by atoms with Crippen LogP contribution < -0.4 is 4.74 Å². The van der Waals surface area contributed by atoms with Gasteiger partial charge < -0.3 is 9.84 Å². The van der Waals surface area contributed by atoms with Crippen molar-refractivity contribution in [3.8, 4) is 5.75 Å². The molecule has 0 aliphatic rings. The second-order valence-corrected chi connectivity index (χ2v) is 2.99. The number of rotatable bonds is 5. The Kier molecular flexibility index (Phi) is 4.05. The largest absolute Gasteiger partial charge is 0.487 e. The van der Waals surface area contributed by atoms with Gasteiger partial charge in [-0.15, -0.1) is 0 Å². The summed E-state index contributed by atoms with van der Waals surface area (Å²) in [5.41, 5.74) is 0.160. The molecule has 0 saturated carbocycles. The third-order valence-corrected chi connectivity index (χ3v) is 1.77. The van der Waals surface area contributed by atoms with Gasteiger partial charge in [0.05, 0.1) is 6.61 Å². The highest BCUT2D eigenvalue weighted by atomic mass is 19.3. The average Bonchev–Trinajstić information content (AvgIpc) is 2.26. The topological polar surface area (TPSA) is 42.4 Å². The van der Waals surface area contributed by atoms with Gasteiger partial charge in [-0.3, -0.25) is 4.98 Å². The summed E-state index contributed by atoms with van der Waals surface area (Å²) in [6.07, 6.45) is -1.34. The summed E-state index contributed by atoms with van der Waals surface area (Å²) in [5, 5.41) is 8.80. The lowest BCUT2D eigenvalue weighted by molar-refractivity contribution is -0.148. The van der Waals surface area contributed by atoms with Crippen molar-refractivity contribution in [1.29, 1.82) is 0 Å². The summed E-state index contributed by atoms with van der Waals surface area (Å²) in [6.45, 7) is -1.91. The Labute approximate surface area is 88.7 Å². The first-order valence-electron chi connectivity index (χ1n) is 4.30. The Morgan fingerprint density at radius 3 is 2.69 bits per heavy atom. The van der Waals surface area contributed by atoms with Crippen molar-refractivity contribution in [2.24, 2.45) is 0 Å². The van der Waals surface area contributed by atoms with Crippen LogP contribution in [0.25, 0.3) is 0 Å². The minimum atomic E-state index is -4.21. The van der Waals surface area contributed by atoms with E-state index in [-0.39, 0.29) is 11.3 Å². The lowest BCUT2D eigenvalue weighted by Crippen LogP contribution is -2.33. The fourth-order valence-electron chi connectivity index (χ4n) is 0.911. The molecule has 7 heteroatoms. The van der Waals surface area contributed by atoms with E-state index in [1.54, 1.807) is 0 Å².